The lowest BCUT2D eigenvalue weighted by molar-refractivity contribution is 0.483. The molecule has 1 atom stereocenters. The molecule has 0 aliphatic carbocycles. The van der Waals surface area contributed by atoms with E-state index in [1.165, 1.54) is 0 Å². The van der Waals surface area contributed by atoms with Crippen LogP contribution < -0.4 is 0 Å². The lowest BCUT2D eigenvalue weighted by atomic mass is 10.8. The van der Waals surface area contributed by atoms with Gasteiger partial charge in [-0.05, 0) is 0 Å². The summed E-state index contributed by atoms with van der Waals surface area (Å²) in [5.74, 6) is 2.15. The third-order valence-electron chi connectivity index (χ3n) is 0.832. The molecule has 0 heterocycles. The minimum absolute atomic E-state index is 0.00347. The molecule has 1 unspecified atom stereocenters. The van der Waals surface area contributed by atoms with Crippen LogP contribution in [0.4, 0.5) is 0 Å². The van der Waals surface area contributed by atoms with Gasteiger partial charge in [0.25, 0.3) is 0 Å². The van der Waals surface area contributed by atoms with E-state index < -0.39 is 7.37 Å². The quantitative estimate of drug-likeness (QED) is 0.448. The van der Waals surface area contributed by atoms with Crippen LogP contribution in [0.15, 0.2) is 0 Å². The molecule has 0 aromatic rings. The highest BCUT2D eigenvalue weighted by atomic mass is 31.2. The van der Waals surface area contributed by atoms with E-state index in [1.807, 2.05) is 0 Å². The molecule has 0 aromatic heterocycles. The van der Waals surface area contributed by atoms with Crippen molar-refractivity contribution in [1.82, 2.24) is 0 Å². The minimum Gasteiger partial charge on any atom is -0.344 e. The molecular formula is C5H9O2P. The topological polar surface area (TPSA) is 37.3 Å². The fourth-order valence-corrected chi connectivity index (χ4v) is 0.763. The lowest BCUT2D eigenvalue weighted by Crippen LogP contribution is -1.86. The van der Waals surface area contributed by atoms with Crippen molar-refractivity contribution in [1.29, 1.82) is 0 Å². The van der Waals surface area contributed by atoms with Gasteiger partial charge in [-0.2, -0.15) is 0 Å². The monoisotopic (exact) mass is 132 g/mol. The van der Waals surface area contributed by atoms with Crippen molar-refractivity contribution in [3.63, 3.8) is 0 Å². The van der Waals surface area contributed by atoms with Crippen LogP contribution in [0.5, 0.6) is 0 Å². The summed E-state index contributed by atoms with van der Waals surface area (Å²) in [7, 11) is -2.91. The SMILES string of the molecule is C#CCP(=O)(O)CC. The Kier molecular flexibility index (Phi) is 2.82. The summed E-state index contributed by atoms with van der Waals surface area (Å²) in [6, 6.07) is 0. The number of terminal acetylenes is 1. The minimum atomic E-state index is -2.91. The summed E-state index contributed by atoms with van der Waals surface area (Å²) in [4.78, 5) is 8.74. The zero-order valence-electron chi connectivity index (χ0n) is 4.79. The molecule has 0 rings (SSSR count). The molecule has 2 nitrogen and oxygen atoms in total. The van der Waals surface area contributed by atoms with Crippen LogP contribution in [-0.2, 0) is 4.57 Å². The van der Waals surface area contributed by atoms with Crippen LogP contribution in [-0.4, -0.2) is 17.2 Å². The predicted molar refractivity (Wildman–Crippen MR) is 34.1 cm³/mol. The van der Waals surface area contributed by atoms with Crippen LogP contribution in [0.2, 0.25) is 0 Å². The Hall–Kier alpha value is -0.250. The summed E-state index contributed by atoms with van der Waals surface area (Å²) >= 11 is 0. The van der Waals surface area contributed by atoms with E-state index in [0.717, 1.165) is 0 Å². The van der Waals surface area contributed by atoms with Gasteiger partial charge in [-0.1, -0.05) is 12.8 Å². The summed E-state index contributed by atoms with van der Waals surface area (Å²) in [5.41, 5.74) is 0. The van der Waals surface area contributed by atoms with Crippen molar-refractivity contribution in [2.24, 2.45) is 0 Å². The van der Waals surface area contributed by atoms with Crippen LogP contribution in [0.25, 0.3) is 0 Å². The van der Waals surface area contributed by atoms with Gasteiger partial charge in [0.1, 0.15) is 0 Å². The first kappa shape index (κ1) is 7.75. The van der Waals surface area contributed by atoms with E-state index in [0.29, 0.717) is 0 Å². The Labute approximate surface area is 49.4 Å². The normalized spacial score (nSPS) is 16.6. The molecule has 0 amide bonds. The van der Waals surface area contributed by atoms with Crippen LogP contribution >= 0.6 is 7.37 Å². The molecule has 3 heteroatoms. The van der Waals surface area contributed by atoms with Crippen molar-refractivity contribution in [3.05, 3.63) is 0 Å². The maximum Gasteiger partial charge on any atom is 0.211 e. The Balaban J connectivity index is 3.78. The van der Waals surface area contributed by atoms with Gasteiger partial charge >= 0.3 is 0 Å². The summed E-state index contributed by atoms with van der Waals surface area (Å²) in [5, 5.41) is 0. The molecule has 0 radical (unpaired) electrons. The van der Waals surface area contributed by atoms with Gasteiger partial charge in [-0.25, -0.2) is 0 Å². The number of hydrogen-bond donors (Lipinski definition) is 1. The van der Waals surface area contributed by atoms with Gasteiger partial charge in [-0.3, -0.25) is 4.57 Å². The van der Waals surface area contributed by atoms with Gasteiger partial charge in [0.2, 0.25) is 7.37 Å². The molecule has 1 N–H and O–H groups in total. The third-order valence-corrected chi connectivity index (χ3v) is 2.50. The third kappa shape index (κ3) is 2.85. The summed E-state index contributed by atoms with van der Waals surface area (Å²) < 4.78 is 10.6. The first-order valence-electron chi connectivity index (χ1n) is 2.36. The van der Waals surface area contributed by atoms with Crippen LogP contribution in [0.3, 0.4) is 0 Å². The fourth-order valence-electron chi connectivity index (χ4n) is 0.254. The van der Waals surface area contributed by atoms with Gasteiger partial charge in [0.05, 0.1) is 6.16 Å². The van der Waals surface area contributed by atoms with Crippen LogP contribution in [0, 0.1) is 12.3 Å². The zero-order valence-corrected chi connectivity index (χ0v) is 5.69. The first-order chi connectivity index (χ1) is 3.62. The average molecular weight is 132 g/mol. The second-order valence-corrected chi connectivity index (χ2v) is 4.17. The van der Waals surface area contributed by atoms with E-state index in [-0.39, 0.29) is 12.3 Å². The standard InChI is InChI=1S/C5H9O2P/c1-3-5-8(6,7)4-2/h1H,4-5H2,2H3,(H,6,7). The Morgan fingerprint density at radius 3 is 2.50 bits per heavy atom. The molecule has 0 aliphatic rings. The van der Waals surface area contributed by atoms with Gasteiger partial charge in [0.15, 0.2) is 0 Å². The van der Waals surface area contributed by atoms with Gasteiger partial charge in [0, 0.05) is 6.16 Å². The van der Waals surface area contributed by atoms with E-state index in [2.05, 4.69) is 5.92 Å². The Morgan fingerprint density at radius 2 is 2.38 bits per heavy atom. The molecule has 46 valence electrons. The molecule has 0 aromatic carbocycles. The highest BCUT2D eigenvalue weighted by Crippen LogP contribution is 2.38. The molecule has 0 spiro atoms. The first-order valence-corrected chi connectivity index (χ1v) is 4.39. The van der Waals surface area contributed by atoms with Gasteiger partial charge in [-0.15, -0.1) is 6.42 Å². The molecule has 0 fully saturated rings. The number of hydrogen-bond acceptors (Lipinski definition) is 1. The van der Waals surface area contributed by atoms with Crippen molar-refractivity contribution in [2.75, 3.05) is 12.3 Å². The van der Waals surface area contributed by atoms with E-state index in [4.69, 9.17) is 11.3 Å². The Morgan fingerprint density at radius 1 is 1.88 bits per heavy atom. The van der Waals surface area contributed by atoms with Crippen molar-refractivity contribution >= 4 is 7.37 Å². The van der Waals surface area contributed by atoms with Crippen molar-refractivity contribution < 1.29 is 9.46 Å². The van der Waals surface area contributed by atoms with Crippen molar-refractivity contribution in [2.45, 2.75) is 6.92 Å². The summed E-state index contributed by atoms with van der Waals surface area (Å²) in [6.45, 7) is 1.65. The second kappa shape index (κ2) is 2.91. The average Bonchev–Trinajstić information content (AvgIpc) is 1.67. The highest BCUT2D eigenvalue weighted by molar-refractivity contribution is 7.58. The molecule has 8 heavy (non-hydrogen) atoms. The molecule has 0 aliphatic heterocycles. The van der Waals surface area contributed by atoms with E-state index in [9.17, 15) is 4.57 Å². The van der Waals surface area contributed by atoms with E-state index >= 15 is 0 Å². The number of rotatable bonds is 2. The molecule has 0 bridgehead atoms. The second-order valence-electron chi connectivity index (χ2n) is 1.52. The maximum absolute atomic E-state index is 10.6. The molecular weight excluding hydrogens is 123 g/mol. The highest BCUT2D eigenvalue weighted by Gasteiger charge is 2.10. The molecule has 0 saturated heterocycles. The van der Waals surface area contributed by atoms with E-state index in [1.54, 1.807) is 6.92 Å². The Bertz CT molecular complexity index is 145. The fraction of sp³-hybridized carbons (Fsp3) is 0.600. The smallest absolute Gasteiger partial charge is 0.211 e. The zero-order chi connectivity index (χ0) is 6.62. The largest absolute Gasteiger partial charge is 0.344 e. The lowest BCUT2D eigenvalue weighted by Gasteiger charge is -2.00. The predicted octanol–water partition coefficient (Wildman–Crippen LogP) is 0.910. The summed E-state index contributed by atoms with van der Waals surface area (Å²) in [6.07, 6.45) is 5.09. The maximum atomic E-state index is 10.6. The van der Waals surface area contributed by atoms with Gasteiger partial charge < -0.3 is 4.89 Å². The molecule has 0 saturated carbocycles. The van der Waals surface area contributed by atoms with Crippen LogP contribution in [0.1, 0.15) is 6.92 Å². The van der Waals surface area contributed by atoms with Crippen molar-refractivity contribution in [3.8, 4) is 12.3 Å².